The van der Waals surface area contributed by atoms with Crippen LogP contribution in [-0.4, -0.2) is 31.7 Å². The Kier molecular flexibility index (Phi) is 6.37. The highest BCUT2D eigenvalue weighted by atomic mass is 16.6. The van der Waals surface area contributed by atoms with Crippen molar-refractivity contribution in [1.82, 2.24) is 0 Å². The van der Waals surface area contributed by atoms with Crippen LogP contribution < -0.4 is 0 Å². The number of rotatable bonds is 7. The minimum Gasteiger partial charge on any atom is -0.465 e. The van der Waals surface area contributed by atoms with Crippen LogP contribution in [0, 0.1) is 5.41 Å². The number of Topliss-reactive ketones (excluding diaryl/α,β-unsaturated/α-hetero) is 1. The molecule has 0 heterocycles. The number of hydrogen-bond donors (Lipinski definition) is 0. The van der Waals surface area contributed by atoms with Crippen molar-refractivity contribution in [2.24, 2.45) is 10.6 Å². The van der Waals surface area contributed by atoms with Gasteiger partial charge in [-0.1, -0.05) is 5.16 Å². The zero-order chi connectivity index (χ0) is 12.6. The largest absolute Gasteiger partial charge is 0.465 e. The molecule has 5 heteroatoms. The van der Waals surface area contributed by atoms with Gasteiger partial charge < -0.3 is 9.57 Å². The lowest BCUT2D eigenvalue weighted by atomic mass is 9.82. The summed E-state index contributed by atoms with van der Waals surface area (Å²) in [6.45, 7) is 4.97. The summed E-state index contributed by atoms with van der Waals surface area (Å²) in [4.78, 5) is 27.6. The Morgan fingerprint density at radius 2 is 2.06 bits per heavy atom. The molecule has 0 radical (unpaired) electrons. The maximum Gasteiger partial charge on any atom is 0.319 e. The SMILES string of the molecule is CCOC(=O)C(C)(CC/C=N/OC)C(C)=O. The standard InChI is InChI=1S/C11H19NO4/c1-5-16-10(14)11(3,9(2)13)7-6-8-12-15-4/h8H,5-7H2,1-4H3/b12-8+. The lowest BCUT2D eigenvalue weighted by Gasteiger charge is -2.23. The predicted octanol–water partition coefficient (Wildman–Crippen LogP) is 1.56. The molecule has 16 heavy (non-hydrogen) atoms. The van der Waals surface area contributed by atoms with E-state index in [0.717, 1.165) is 0 Å². The van der Waals surface area contributed by atoms with Crippen molar-refractivity contribution in [2.45, 2.75) is 33.6 Å². The lowest BCUT2D eigenvalue weighted by Crippen LogP contribution is -2.36. The van der Waals surface area contributed by atoms with Crippen LogP contribution in [0.25, 0.3) is 0 Å². The van der Waals surface area contributed by atoms with Gasteiger partial charge in [0.1, 0.15) is 18.3 Å². The van der Waals surface area contributed by atoms with Crippen LogP contribution in [0.1, 0.15) is 33.6 Å². The fraction of sp³-hybridized carbons (Fsp3) is 0.727. The predicted molar refractivity (Wildman–Crippen MR) is 60.2 cm³/mol. The number of hydrogen-bond acceptors (Lipinski definition) is 5. The number of carbonyl (C=O) groups excluding carboxylic acids is 2. The van der Waals surface area contributed by atoms with Gasteiger partial charge in [-0.3, -0.25) is 9.59 Å². The topological polar surface area (TPSA) is 65.0 Å². The zero-order valence-corrected chi connectivity index (χ0v) is 10.3. The molecule has 0 amide bonds. The van der Waals surface area contributed by atoms with Gasteiger partial charge >= 0.3 is 5.97 Å². The smallest absolute Gasteiger partial charge is 0.319 e. The highest BCUT2D eigenvalue weighted by molar-refractivity contribution is 6.02. The second kappa shape index (κ2) is 6.98. The van der Waals surface area contributed by atoms with Gasteiger partial charge in [-0.2, -0.15) is 0 Å². The number of ketones is 1. The third-order valence-electron chi connectivity index (χ3n) is 2.46. The van der Waals surface area contributed by atoms with E-state index in [9.17, 15) is 9.59 Å². The molecule has 0 saturated heterocycles. The number of ether oxygens (including phenoxy) is 1. The molecule has 5 nitrogen and oxygen atoms in total. The molecule has 0 fully saturated rings. The molecule has 0 rings (SSSR count). The Labute approximate surface area is 95.8 Å². The van der Waals surface area contributed by atoms with Gasteiger partial charge in [0.15, 0.2) is 0 Å². The minimum absolute atomic E-state index is 0.197. The van der Waals surface area contributed by atoms with Gasteiger partial charge in [0.2, 0.25) is 0 Å². The van der Waals surface area contributed by atoms with E-state index in [1.54, 1.807) is 13.8 Å². The van der Waals surface area contributed by atoms with Crippen LogP contribution in [0.5, 0.6) is 0 Å². The molecule has 0 aromatic heterocycles. The number of oxime groups is 1. The zero-order valence-electron chi connectivity index (χ0n) is 10.3. The lowest BCUT2D eigenvalue weighted by molar-refractivity contribution is -0.158. The van der Waals surface area contributed by atoms with E-state index in [1.165, 1.54) is 20.2 Å². The first-order chi connectivity index (χ1) is 7.49. The Bertz CT molecular complexity index is 275. The van der Waals surface area contributed by atoms with Crippen molar-refractivity contribution in [2.75, 3.05) is 13.7 Å². The second-order valence-corrected chi connectivity index (χ2v) is 3.62. The summed E-state index contributed by atoms with van der Waals surface area (Å²) < 4.78 is 4.89. The highest BCUT2D eigenvalue weighted by Crippen LogP contribution is 2.26. The monoisotopic (exact) mass is 229 g/mol. The van der Waals surface area contributed by atoms with E-state index in [4.69, 9.17) is 4.74 Å². The summed E-state index contributed by atoms with van der Waals surface area (Å²) in [5.74, 6) is -0.676. The highest BCUT2D eigenvalue weighted by Gasteiger charge is 2.38. The number of esters is 1. The maximum atomic E-state index is 11.7. The van der Waals surface area contributed by atoms with Crippen LogP contribution >= 0.6 is 0 Å². The Morgan fingerprint density at radius 1 is 1.44 bits per heavy atom. The van der Waals surface area contributed by atoms with Gasteiger partial charge in [-0.25, -0.2) is 0 Å². The molecule has 1 unspecified atom stereocenters. The van der Waals surface area contributed by atoms with Gasteiger partial charge in [-0.15, -0.1) is 0 Å². The van der Waals surface area contributed by atoms with Gasteiger partial charge in [0.25, 0.3) is 0 Å². The van der Waals surface area contributed by atoms with E-state index < -0.39 is 11.4 Å². The van der Waals surface area contributed by atoms with E-state index in [0.29, 0.717) is 12.8 Å². The van der Waals surface area contributed by atoms with Crippen molar-refractivity contribution in [3.05, 3.63) is 0 Å². The number of nitrogens with zero attached hydrogens (tertiary/aromatic N) is 1. The van der Waals surface area contributed by atoms with Gasteiger partial charge in [0, 0.05) is 6.21 Å². The minimum atomic E-state index is -1.09. The van der Waals surface area contributed by atoms with Crippen LogP contribution in [0.15, 0.2) is 5.16 Å². The van der Waals surface area contributed by atoms with Crippen molar-refractivity contribution in [3.8, 4) is 0 Å². The quantitative estimate of drug-likeness (QED) is 0.287. The first kappa shape index (κ1) is 14.6. The van der Waals surface area contributed by atoms with Crippen molar-refractivity contribution < 1.29 is 19.2 Å². The molecular formula is C11H19NO4. The second-order valence-electron chi connectivity index (χ2n) is 3.62. The molecule has 0 aliphatic heterocycles. The Hall–Kier alpha value is -1.39. The third kappa shape index (κ3) is 4.00. The van der Waals surface area contributed by atoms with Crippen LogP contribution in [0.3, 0.4) is 0 Å². The number of carbonyl (C=O) groups is 2. The molecule has 0 spiro atoms. The summed E-state index contributed by atoms with van der Waals surface area (Å²) in [7, 11) is 1.44. The maximum absolute atomic E-state index is 11.7. The summed E-state index contributed by atoms with van der Waals surface area (Å²) in [5.41, 5.74) is -1.09. The van der Waals surface area contributed by atoms with E-state index >= 15 is 0 Å². The summed E-state index contributed by atoms with van der Waals surface area (Å²) >= 11 is 0. The summed E-state index contributed by atoms with van der Waals surface area (Å²) in [6.07, 6.45) is 2.39. The van der Waals surface area contributed by atoms with Crippen LogP contribution in [0.4, 0.5) is 0 Å². The van der Waals surface area contributed by atoms with Gasteiger partial charge in [-0.05, 0) is 33.6 Å². The molecule has 0 aromatic carbocycles. The summed E-state index contributed by atoms with van der Waals surface area (Å²) in [5, 5.41) is 3.55. The van der Waals surface area contributed by atoms with Crippen molar-refractivity contribution in [1.29, 1.82) is 0 Å². The van der Waals surface area contributed by atoms with E-state index in [2.05, 4.69) is 9.99 Å². The molecule has 0 saturated carbocycles. The molecule has 0 bridgehead atoms. The molecule has 0 aliphatic carbocycles. The van der Waals surface area contributed by atoms with Crippen LogP contribution in [0.2, 0.25) is 0 Å². The summed E-state index contributed by atoms with van der Waals surface area (Å²) in [6, 6.07) is 0. The molecular weight excluding hydrogens is 210 g/mol. The van der Waals surface area contributed by atoms with Crippen LogP contribution in [-0.2, 0) is 19.2 Å². The molecule has 0 N–H and O–H groups in total. The first-order valence-electron chi connectivity index (χ1n) is 5.22. The van der Waals surface area contributed by atoms with E-state index in [1.807, 2.05) is 0 Å². The first-order valence-corrected chi connectivity index (χ1v) is 5.22. The Balaban J connectivity index is 4.51. The fourth-order valence-corrected chi connectivity index (χ4v) is 1.19. The third-order valence-corrected chi connectivity index (χ3v) is 2.46. The molecule has 0 aromatic rings. The van der Waals surface area contributed by atoms with E-state index in [-0.39, 0.29) is 12.4 Å². The van der Waals surface area contributed by atoms with Gasteiger partial charge in [0.05, 0.1) is 6.61 Å². The average molecular weight is 229 g/mol. The fourth-order valence-electron chi connectivity index (χ4n) is 1.19. The molecule has 0 aliphatic rings. The normalized spacial score (nSPS) is 14.5. The average Bonchev–Trinajstić information content (AvgIpc) is 2.24. The molecule has 1 atom stereocenters. The Morgan fingerprint density at radius 3 is 2.50 bits per heavy atom. The van der Waals surface area contributed by atoms with Crippen molar-refractivity contribution >= 4 is 18.0 Å². The van der Waals surface area contributed by atoms with Crippen molar-refractivity contribution in [3.63, 3.8) is 0 Å². The molecule has 92 valence electrons.